The van der Waals surface area contributed by atoms with Gasteiger partial charge in [0.1, 0.15) is 5.75 Å². The molecule has 4 rings (SSSR count). The van der Waals surface area contributed by atoms with E-state index >= 15 is 0 Å². The maximum Gasteiger partial charge on any atom is 0.190 e. The predicted octanol–water partition coefficient (Wildman–Crippen LogP) is 7.09. The number of ether oxygens (including phenoxy) is 1. The normalized spacial score (nSPS) is 11.3. The third-order valence-corrected chi connectivity index (χ3v) is 6.58. The largest absolute Gasteiger partial charge is 0.497 e. The third-order valence-electron chi connectivity index (χ3n) is 5.27. The van der Waals surface area contributed by atoms with Crippen molar-refractivity contribution < 1.29 is 4.74 Å². The van der Waals surface area contributed by atoms with Crippen LogP contribution in [-0.4, -0.2) is 28.4 Å². The van der Waals surface area contributed by atoms with E-state index in [-0.39, 0.29) is 0 Å². The first-order valence-electron chi connectivity index (χ1n) is 10.6. The molecule has 0 bridgehead atoms. The van der Waals surface area contributed by atoms with Gasteiger partial charge in [0, 0.05) is 34.6 Å². The molecule has 7 heteroatoms. The first-order valence-corrected chi connectivity index (χ1v) is 11.8. The zero-order chi connectivity index (χ0) is 22.0. The maximum absolute atomic E-state index is 6.54. The molecule has 2 heterocycles. The summed E-state index contributed by atoms with van der Waals surface area (Å²) in [4.78, 5) is 8.45. The molecule has 0 saturated heterocycles. The van der Waals surface area contributed by atoms with Gasteiger partial charge in [0.05, 0.1) is 29.5 Å². The SMILES string of the molecule is CCCN(c1ccc2cnn(CCC)c2c1)c1nc(-c2ccc(OC)cc2Cl)c(C)s1. The Morgan fingerprint density at radius 2 is 1.97 bits per heavy atom. The molecule has 0 aliphatic rings. The lowest BCUT2D eigenvalue weighted by Crippen LogP contribution is -2.17. The number of benzene rings is 2. The summed E-state index contributed by atoms with van der Waals surface area (Å²) in [7, 11) is 1.64. The lowest BCUT2D eigenvalue weighted by molar-refractivity contribution is 0.415. The maximum atomic E-state index is 6.54. The number of hydrogen-bond donors (Lipinski definition) is 0. The minimum absolute atomic E-state index is 0.645. The molecule has 4 aromatic rings. The molecule has 0 spiro atoms. The second kappa shape index (κ2) is 9.28. The first-order chi connectivity index (χ1) is 15.0. The molecule has 0 atom stereocenters. The summed E-state index contributed by atoms with van der Waals surface area (Å²) in [5, 5.41) is 7.33. The van der Waals surface area contributed by atoms with Crippen molar-refractivity contribution in [1.82, 2.24) is 14.8 Å². The molecule has 31 heavy (non-hydrogen) atoms. The highest BCUT2D eigenvalue weighted by molar-refractivity contribution is 7.16. The number of aromatic nitrogens is 3. The summed E-state index contributed by atoms with van der Waals surface area (Å²) in [6, 6.07) is 12.3. The van der Waals surface area contributed by atoms with Crippen LogP contribution in [-0.2, 0) is 6.54 Å². The van der Waals surface area contributed by atoms with Crippen LogP contribution >= 0.6 is 22.9 Å². The van der Waals surface area contributed by atoms with Crippen LogP contribution in [0.2, 0.25) is 5.02 Å². The number of rotatable bonds is 8. The van der Waals surface area contributed by atoms with Crippen molar-refractivity contribution in [2.75, 3.05) is 18.6 Å². The highest BCUT2D eigenvalue weighted by Crippen LogP contribution is 2.39. The number of thiazole rings is 1. The molecule has 0 fully saturated rings. The molecular weight excluding hydrogens is 428 g/mol. The molecule has 2 aromatic carbocycles. The predicted molar refractivity (Wildman–Crippen MR) is 131 cm³/mol. The van der Waals surface area contributed by atoms with Crippen molar-refractivity contribution in [2.24, 2.45) is 0 Å². The fourth-order valence-electron chi connectivity index (χ4n) is 3.74. The number of aryl methyl sites for hydroxylation is 2. The van der Waals surface area contributed by atoms with Gasteiger partial charge in [-0.1, -0.05) is 25.4 Å². The van der Waals surface area contributed by atoms with Crippen LogP contribution in [0, 0.1) is 6.92 Å². The fourth-order valence-corrected chi connectivity index (χ4v) is 4.97. The van der Waals surface area contributed by atoms with Crippen molar-refractivity contribution >= 4 is 44.7 Å². The number of halogens is 1. The molecule has 0 saturated carbocycles. The monoisotopic (exact) mass is 454 g/mol. The molecule has 162 valence electrons. The Balaban J connectivity index is 1.75. The van der Waals surface area contributed by atoms with Gasteiger partial charge in [-0.2, -0.15) is 5.10 Å². The average Bonchev–Trinajstić information content (AvgIpc) is 3.35. The molecular formula is C24H27ClN4OS. The van der Waals surface area contributed by atoms with E-state index in [0.717, 1.165) is 69.5 Å². The topological polar surface area (TPSA) is 43.2 Å². The Labute approximate surface area is 192 Å². The van der Waals surface area contributed by atoms with Crippen molar-refractivity contribution in [2.45, 2.75) is 40.2 Å². The van der Waals surface area contributed by atoms with Crippen LogP contribution < -0.4 is 9.64 Å². The van der Waals surface area contributed by atoms with Crippen LogP contribution in [0.5, 0.6) is 5.75 Å². The molecule has 0 aliphatic carbocycles. The van der Waals surface area contributed by atoms with Gasteiger partial charge >= 0.3 is 0 Å². The molecule has 0 aliphatic heterocycles. The standard InChI is InChI=1S/C24H27ClN4OS/c1-5-11-28(18-8-7-17-15-26-29(12-6-2)22(17)13-18)24-27-23(16(3)31-24)20-10-9-19(30-4)14-21(20)25/h7-10,13-15H,5-6,11-12H2,1-4H3. The quantitative estimate of drug-likeness (QED) is 0.285. The minimum Gasteiger partial charge on any atom is -0.497 e. The van der Waals surface area contributed by atoms with Crippen molar-refractivity contribution in [3.63, 3.8) is 0 Å². The van der Waals surface area contributed by atoms with E-state index in [1.54, 1.807) is 18.4 Å². The third kappa shape index (κ3) is 4.27. The van der Waals surface area contributed by atoms with E-state index in [1.165, 1.54) is 0 Å². The van der Waals surface area contributed by atoms with Gasteiger partial charge in [-0.15, -0.1) is 11.3 Å². The van der Waals surface area contributed by atoms with Gasteiger partial charge < -0.3 is 9.64 Å². The Bertz CT molecular complexity index is 1200. The fraction of sp³-hybridized carbons (Fsp3) is 0.333. The van der Waals surface area contributed by atoms with Gasteiger partial charge in [-0.05, 0) is 56.2 Å². The lowest BCUT2D eigenvalue weighted by Gasteiger charge is -2.21. The summed E-state index contributed by atoms with van der Waals surface area (Å²) in [5.74, 6) is 0.742. The van der Waals surface area contributed by atoms with Crippen LogP contribution in [0.3, 0.4) is 0 Å². The van der Waals surface area contributed by atoms with Crippen molar-refractivity contribution in [1.29, 1.82) is 0 Å². The van der Waals surface area contributed by atoms with Crippen LogP contribution in [0.4, 0.5) is 10.8 Å². The Morgan fingerprint density at radius 3 is 2.68 bits per heavy atom. The van der Waals surface area contributed by atoms with Crippen LogP contribution in [0.1, 0.15) is 31.6 Å². The summed E-state index contributed by atoms with van der Waals surface area (Å²) < 4.78 is 7.37. The van der Waals surface area contributed by atoms with Gasteiger partial charge in [-0.25, -0.2) is 4.98 Å². The molecule has 0 unspecified atom stereocenters. The van der Waals surface area contributed by atoms with E-state index in [2.05, 4.69) is 53.7 Å². The van der Waals surface area contributed by atoms with E-state index in [1.807, 2.05) is 24.4 Å². The van der Waals surface area contributed by atoms with Gasteiger partial charge in [0.15, 0.2) is 5.13 Å². The second-order valence-electron chi connectivity index (χ2n) is 7.51. The van der Waals surface area contributed by atoms with Crippen molar-refractivity contribution in [3.05, 3.63) is 52.5 Å². The zero-order valence-electron chi connectivity index (χ0n) is 18.4. The van der Waals surface area contributed by atoms with Crippen LogP contribution in [0.15, 0.2) is 42.6 Å². The lowest BCUT2D eigenvalue weighted by atomic mass is 10.1. The van der Waals surface area contributed by atoms with Gasteiger partial charge in [-0.3, -0.25) is 4.68 Å². The zero-order valence-corrected chi connectivity index (χ0v) is 19.9. The minimum atomic E-state index is 0.645. The molecule has 2 aromatic heterocycles. The summed E-state index contributed by atoms with van der Waals surface area (Å²) in [6.45, 7) is 8.26. The molecule has 0 radical (unpaired) electrons. The van der Waals surface area contributed by atoms with Crippen LogP contribution in [0.25, 0.3) is 22.2 Å². The van der Waals surface area contributed by atoms with Gasteiger partial charge in [0.25, 0.3) is 0 Å². The van der Waals surface area contributed by atoms with Crippen molar-refractivity contribution in [3.8, 4) is 17.0 Å². The Hall–Kier alpha value is -2.57. The summed E-state index contributed by atoms with van der Waals surface area (Å²) in [5.41, 5.74) is 4.14. The number of nitrogens with zero attached hydrogens (tertiary/aromatic N) is 4. The number of anilines is 2. The van der Waals surface area contributed by atoms with E-state index in [4.69, 9.17) is 21.3 Å². The van der Waals surface area contributed by atoms with E-state index in [0.29, 0.717) is 5.02 Å². The number of hydrogen-bond acceptors (Lipinski definition) is 5. The number of fused-ring (bicyclic) bond motifs is 1. The molecule has 0 N–H and O–H groups in total. The average molecular weight is 455 g/mol. The first kappa shape index (κ1) is 21.7. The summed E-state index contributed by atoms with van der Waals surface area (Å²) >= 11 is 8.24. The number of methoxy groups -OCH3 is 1. The van der Waals surface area contributed by atoms with Gasteiger partial charge in [0.2, 0.25) is 0 Å². The molecule has 0 amide bonds. The highest BCUT2D eigenvalue weighted by atomic mass is 35.5. The Morgan fingerprint density at radius 1 is 1.13 bits per heavy atom. The van der Waals surface area contributed by atoms with E-state index < -0.39 is 0 Å². The van der Waals surface area contributed by atoms with E-state index in [9.17, 15) is 0 Å². The smallest absolute Gasteiger partial charge is 0.190 e. The second-order valence-corrected chi connectivity index (χ2v) is 9.10. The molecule has 5 nitrogen and oxygen atoms in total. The highest BCUT2D eigenvalue weighted by Gasteiger charge is 2.19. The Kier molecular flexibility index (Phi) is 6.49. The summed E-state index contributed by atoms with van der Waals surface area (Å²) in [6.07, 6.45) is 4.01.